The van der Waals surface area contributed by atoms with Crippen molar-refractivity contribution in [3.05, 3.63) is 78.1 Å². The number of furan rings is 1. The lowest BCUT2D eigenvalue weighted by atomic mass is 9.98. The molecule has 0 atom stereocenters. The zero-order valence-corrected chi connectivity index (χ0v) is 22.3. The van der Waals surface area contributed by atoms with Crippen LogP contribution in [0.5, 0.6) is 0 Å². The molecule has 0 fully saturated rings. The minimum atomic E-state index is -3.79. The number of nitrogens with zero attached hydrogens (tertiary/aromatic N) is 2. The summed E-state index contributed by atoms with van der Waals surface area (Å²) in [6.45, 7) is 1.58. The first-order chi connectivity index (χ1) is 18.0. The highest BCUT2D eigenvalue weighted by atomic mass is 32.2. The molecule has 198 valence electrons. The quantitative estimate of drug-likeness (QED) is 0.357. The van der Waals surface area contributed by atoms with Gasteiger partial charge in [0.2, 0.25) is 15.9 Å². The number of fused-ring (bicyclic) bond motifs is 1. The van der Waals surface area contributed by atoms with Gasteiger partial charge in [0, 0.05) is 50.1 Å². The number of amides is 2. The molecule has 38 heavy (non-hydrogen) atoms. The molecule has 0 saturated carbocycles. The van der Waals surface area contributed by atoms with Crippen LogP contribution in [-0.4, -0.2) is 58.6 Å². The lowest BCUT2D eigenvalue weighted by molar-refractivity contribution is -0.127. The van der Waals surface area contributed by atoms with Crippen molar-refractivity contribution < 1.29 is 26.8 Å². The maximum atomic E-state index is 13.6. The first-order valence-electron chi connectivity index (χ1n) is 11.8. The molecule has 8 nitrogen and oxygen atoms in total. The number of nitrogens with one attached hydrogen (secondary N) is 1. The lowest BCUT2D eigenvalue weighted by Gasteiger charge is -2.27. The third-order valence-electron chi connectivity index (χ3n) is 6.30. The number of hydrogen-bond donors (Lipinski definition) is 1. The van der Waals surface area contributed by atoms with Crippen molar-refractivity contribution in [1.29, 1.82) is 0 Å². The average molecular weight is 538 g/mol. The second-order valence-corrected chi connectivity index (χ2v) is 10.8. The monoisotopic (exact) mass is 537 g/mol. The molecule has 0 unspecified atom stereocenters. The van der Waals surface area contributed by atoms with Crippen molar-refractivity contribution in [3.63, 3.8) is 0 Å². The van der Waals surface area contributed by atoms with E-state index in [2.05, 4.69) is 5.32 Å². The van der Waals surface area contributed by atoms with Gasteiger partial charge in [-0.25, -0.2) is 12.8 Å². The van der Waals surface area contributed by atoms with Crippen LogP contribution in [0.25, 0.3) is 33.4 Å². The van der Waals surface area contributed by atoms with Crippen LogP contribution in [0.3, 0.4) is 0 Å². The van der Waals surface area contributed by atoms with E-state index in [0.717, 1.165) is 11.8 Å². The summed E-state index contributed by atoms with van der Waals surface area (Å²) in [4.78, 5) is 26.2. The lowest BCUT2D eigenvalue weighted by Crippen LogP contribution is -2.38. The highest BCUT2D eigenvalue weighted by Crippen LogP contribution is 2.41. The molecule has 2 amide bonds. The minimum absolute atomic E-state index is 0.00802. The summed E-state index contributed by atoms with van der Waals surface area (Å²) in [5, 5.41) is 3.10. The molecule has 0 saturated heterocycles. The summed E-state index contributed by atoms with van der Waals surface area (Å²) < 4.78 is 47.0. The molecular weight excluding hydrogens is 509 g/mol. The number of halogens is 1. The van der Waals surface area contributed by atoms with Crippen molar-refractivity contribution in [2.75, 3.05) is 37.7 Å². The Kier molecular flexibility index (Phi) is 7.54. The van der Waals surface area contributed by atoms with Crippen LogP contribution in [0.2, 0.25) is 0 Å². The molecule has 0 bridgehead atoms. The Balaban J connectivity index is 2.01. The van der Waals surface area contributed by atoms with Crippen LogP contribution in [0.4, 0.5) is 10.1 Å². The van der Waals surface area contributed by atoms with Gasteiger partial charge in [-0.2, -0.15) is 0 Å². The molecular formula is C28H28FN3O5S. The second kappa shape index (κ2) is 10.7. The minimum Gasteiger partial charge on any atom is -0.455 e. The van der Waals surface area contributed by atoms with E-state index in [-0.39, 0.29) is 35.9 Å². The third kappa shape index (κ3) is 5.40. The molecule has 0 spiro atoms. The maximum absolute atomic E-state index is 13.6. The number of benzene rings is 3. The van der Waals surface area contributed by atoms with Crippen LogP contribution in [-0.2, 0) is 14.8 Å². The van der Waals surface area contributed by atoms with Gasteiger partial charge in [0.15, 0.2) is 0 Å². The van der Waals surface area contributed by atoms with Gasteiger partial charge in [-0.3, -0.25) is 13.9 Å². The number of carbonyl (C=O) groups is 2. The van der Waals surface area contributed by atoms with E-state index in [0.29, 0.717) is 22.2 Å². The zero-order valence-electron chi connectivity index (χ0n) is 21.5. The number of sulfonamides is 1. The molecule has 0 aliphatic rings. The second-order valence-electron chi connectivity index (χ2n) is 8.90. The molecule has 10 heteroatoms. The number of carbonyl (C=O) groups excluding carboxylic acids is 2. The van der Waals surface area contributed by atoms with Crippen LogP contribution >= 0.6 is 0 Å². The summed E-state index contributed by atoms with van der Waals surface area (Å²) >= 11 is 0. The Hall–Kier alpha value is -4.18. The van der Waals surface area contributed by atoms with Crippen molar-refractivity contribution in [3.8, 4) is 22.5 Å². The average Bonchev–Trinajstić information content (AvgIpc) is 3.26. The van der Waals surface area contributed by atoms with Gasteiger partial charge in [-0.1, -0.05) is 30.3 Å². The number of hydrogen-bond acceptors (Lipinski definition) is 5. The Morgan fingerprint density at radius 2 is 1.63 bits per heavy atom. The molecule has 0 aliphatic carbocycles. The standard InChI is InChI=1S/C28H28FN3O5S/c1-18(33)31(3)14-15-32(38(4,35)36)24-17-25-23(16-22(24)19-8-6-5-7-9-19)26(28(34)30-2)27(37-25)20-10-12-21(29)13-11-20/h5-13,16-17H,14-15H2,1-4H3,(H,30,34). The van der Waals surface area contributed by atoms with E-state index >= 15 is 0 Å². The summed E-state index contributed by atoms with van der Waals surface area (Å²) in [5.41, 5.74) is 2.65. The van der Waals surface area contributed by atoms with Crippen molar-refractivity contribution >= 4 is 38.5 Å². The first kappa shape index (κ1) is 26.9. The van der Waals surface area contributed by atoms with Crippen LogP contribution in [0, 0.1) is 5.82 Å². The van der Waals surface area contributed by atoms with Gasteiger partial charge in [0.05, 0.1) is 24.1 Å². The fourth-order valence-corrected chi connectivity index (χ4v) is 5.13. The van der Waals surface area contributed by atoms with E-state index in [1.165, 1.54) is 47.4 Å². The Morgan fingerprint density at radius 3 is 2.21 bits per heavy atom. The third-order valence-corrected chi connectivity index (χ3v) is 7.48. The van der Waals surface area contributed by atoms with E-state index in [4.69, 9.17) is 4.42 Å². The molecule has 4 aromatic rings. The summed E-state index contributed by atoms with van der Waals surface area (Å²) in [7, 11) is -0.690. The fourth-order valence-electron chi connectivity index (χ4n) is 4.21. The van der Waals surface area contributed by atoms with Crippen LogP contribution in [0.15, 0.2) is 71.1 Å². The summed E-state index contributed by atoms with van der Waals surface area (Å²) in [5.74, 6) is -0.794. The first-order valence-corrected chi connectivity index (χ1v) is 13.7. The Labute approximate surface area is 220 Å². The van der Waals surface area contributed by atoms with E-state index in [9.17, 15) is 22.4 Å². The number of anilines is 1. The van der Waals surface area contributed by atoms with Crippen LogP contribution in [0.1, 0.15) is 17.3 Å². The normalized spacial score (nSPS) is 11.4. The summed E-state index contributed by atoms with van der Waals surface area (Å²) in [6, 6.07) is 18.1. The molecule has 1 aromatic heterocycles. The highest BCUT2D eigenvalue weighted by molar-refractivity contribution is 7.92. The Morgan fingerprint density at radius 1 is 0.974 bits per heavy atom. The highest BCUT2D eigenvalue weighted by Gasteiger charge is 2.27. The maximum Gasteiger partial charge on any atom is 0.255 e. The fraction of sp³-hybridized carbons (Fsp3) is 0.214. The van der Waals surface area contributed by atoms with Gasteiger partial charge in [0.1, 0.15) is 17.2 Å². The molecule has 3 aromatic carbocycles. The van der Waals surface area contributed by atoms with E-state index < -0.39 is 21.7 Å². The van der Waals surface area contributed by atoms with Crippen molar-refractivity contribution in [2.24, 2.45) is 0 Å². The van der Waals surface area contributed by atoms with Gasteiger partial charge < -0.3 is 14.6 Å². The predicted octanol–water partition coefficient (Wildman–Crippen LogP) is 4.51. The molecule has 1 N–H and O–H groups in total. The Bertz CT molecular complexity index is 1600. The molecule has 4 rings (SSSR count). The molecule has 0 aliphatic heterocycles. The van der Waals surface area contributed by atoms with Gasteiger partial charge in [-0.15, -0.1) is 0 Å². The predicted molar refractivity (Wildman–Crippen MR) is 146 cm³/mol. The topological polar surface area (TPSA) is 99.9 Å². The SMILES string of the molecule is CNC(=O)c1c(-c2ccc(F)cc2)oc2cc(N(CCN(C)C(C)=O)S(C)(=O)=O)c(-c3ccccc3)cc12. The smallest absolute Gasteiger partial charge is 0.255 e. The van der Waals surface area contributed by atoms with Crippen LogP contribution < -0.4 is 9.62 Å². The van der Waals surface area contributed by atoms with E-state index in [1.54, 1.807) is 19.2 Å². The van der Waals surface area contributed by atoms with Gasteiger partial charge in [0.25, 0.3) is 5.91 Å². The summed E-state index contributed by atoms with van der Waals surface area (Å²) in [6.07, 6.45) is 1.10. The van der Waals surface area contributed by atoms with Gasteiger partial charge >= 0.3 is 0 Å². The van der Waals surface area contributed by atoms with Gasteiger partial charge in [-0.05, 0) is 35.9 Å². The van der Waals surface area contributed by atoms with Crippen molar-refractivity contribution in [2.45, 2.75) is 6.92 Å². The zero-order chi connectivity index (χ0) is 27.6. The van der Waals surface area contributed by atoms with Crippen molar-refractivity contribution in [1.82, 2.24) is 10.2 Å². The number of likely N-dealkylation sites (N-methyl/N-ethyl adjacent to an activating group) is 1. The molecule has 1 heterocycles. The molecule has 0 radical (unpaired) electrons. The number of rotatable bonds is 8. The van der Waals surface area contributed by atoms with E-state index in [1.807, 2.05) is 30.3 Å². The largest absolute Gasteiger partial charge is 0.455 e.